The third-order valence-electron chi connectivity index (χ3n) is 3.21. The van der Waals surface area contributed by atoms with E-state index in [1.54, 1.807) is 13.0 Å². The van der Waals surface area contributed by atoms with Gasteiger partial charge in [0.05, 0.1) is 26.5 Å². The van der Waals surface area contributed by atoms with Gasteiger partial charge in [-0.15, -0.1) is 6.58 Å². The van der Waals surface area contributed by atoms with Crippen LogP contribution in [-0.4, -0.2) is 63.4 Å². The highest BCUT2D eigenvalue weighted by atomic mass is 32.2. The Bertz CT molecular complexity index is 715. The van der Waals surface area contributed by atoms with Crippen LogP contribution in [0.2, 0.25) is 0 Å². The lowest BCUT2D eigenvalue weighted by atomic mass is 10.2. The highest BCUT2D eigenvalue weighted by Crippen LogP contribution is 2.32. The van der Waals surface area contributed by atoms with Crippen LogP contribution >= 0.6 is 11.8 Å². The molecule has 0 bridgehead atoms. The van der Waals surface area contributed by atoms with Crippen molar-refractivity contribution in [2.75, 3.05) is 20.3 Å². The Morgan fingerprint density at radius 1 is 1.56 bits per heavy atom. The second-order valence-electron chi connectivity index (χ2n) is 4.84. The molecule has 1 atom stereocenters. The number of aromatic nitrogens is 2. The summed E-state index contributed by atoms with van der Waals surface area (Å²) in [6.45, 7) is 5.74. The van der Waals surface area contributed by atoms with Crippen LogP contribution in [0.3, 0.4) is 0 Å². The molecule has 0 aromatic carbocycles. The van der Waals surface area contributed by atoms with E-state index in [1.165, 1.54) is 18.3 Å². The first-order valence-electron chi connectivity index (χ1n) is 7.46. The zero-order chi connectivity index (χ0) is 18.4. The molecule has 0 aliphatic carbocycles. The number of methoxy groups -OCH3 is 1. The third-order valence-corrected chi connectivity index (χ3v) is 4.39. The van der Waals surface area contributed by atoms with Crippen molar-refractivity contribution in [1.82, 2.24) is 14.9 Å². The molecule has 0 unspecified atom stereocenters. The second kappa shape index (κ2) is 8.47. The molecule has 1 fully saturated rings. The van der Waals surface area contributed by atoms with Crippen LogP contribution in [0.4, 0.5) is 5.82 Å². The van der Waals surface area contributed by atoms with Gasteiger partial charge in [0.1, 0.15) is 5.25 Å². The molecular formula is C15H18N4O5S. The number of amidine groups is 1. The van der Waals surface area contributed by atoms with Crippen molar-refractivity contribution >= 4 is 40.6 Å². The molecule has 1 aromatic heterocycles. The van der Waals surface area contributed by atoms with Gasteiger partial charge in [-0.25, -0.2) is 14.8 Å². The number of ether oxygens (including phenoxy) is 2. The van der Waals surface area contributed by atoms with Gasteiger partial charge in [-0.1, -0.05) is 17.8 Å². The number of carbonyl (C=O) groups is 3. The number of hydrogen-bond acceptors (Lipinski definition) is 8. The van der Waals surface area contributed by atoms with Crippen LogP contribution in [0.15, 0.2) is 24.0 Å². The Morgan fingerprint density at radius 3 is 2.96 bits per heavy atom. The highest BCUT2D eigenvalue weighted by Gasteiger charge is 2.39. The molecule has 0 spiro atoms. The quantitative estimate of drug-likeness (QED) is 0.571. The first-order chi connectivity index (χ1) is 12.0. The van der Waals surface area contributed by atoms with Crippen LogP contribution in [-0.2, 0) is 19.1 Å². The van der Waals surface area contributed by atoms with E-state index < -0.39 is 17.2 Å². The lowest BCUT2D eigenvalue weighted by molar-refractivity contribution is -0.142. The van der Waals surface area contributed by atoms with E-state index in [0.29, 0.717) is 5.17 Å². The SMILES string of the molecule is C=CCN1C(=O)[C@H](CC(=O)OC)SC1=Nc1nc[nH]c1C(=O)OCC. The van der Waals surface area contributed by atoms with E-state index in [0.717, 1.165) is 11.8 Å². The zero-order valence-electron chi connectivity index (χ0n) is 13.9. The Labute approximate surface area is 148 Å². The maximum Gasteiger partial charge on any atom is 0.358 e. The Hall–Kier alpha value is -2.62. The molecule has 1 saturated heterocycles. The predicted octanol–water partition coefficient (Wildman–Crippen LogP) is 1.27. The molecule has 0 radical (unpaired) electrons. The fraction of sp³-hybridized carbons (Fsp3) is 0.400. The minimum Gasteiger partial charge on any atom is -0.469 e. The molecule has 1 aliphatic heterocycles. The molecule has 134 valence electrons. The van der Waals surface area contributed by atoms with Crippen LogP contribution < -0.4 is 0 Å². The van der Waals surface area contributed by atoms with Crippen LogP contribution in [0.1, 0.15) is 23.8 Å². The highest BCUT2D eigenvalue weighted by molar-refractivity contribution is 8.15. The summed E-state index contributed by atoms with van der Waals surface area (Å²) in [5, 5.41) is -0.312. The topological polar surface area (TPSA) is 114 Å². The summed E-state index contributed by atoms with van der Waals surface area (Å²) >= 11 is 1.11. The molecule has 0 saturated carbocycles. The van der Waals surface area contributed by atoms with Crippen molar-refractivity contribution in [2.45, 2.75) is 18.6 Å². The van der Waals surface area contributed by atoms with Gasteiger partial charge < -0.3 is 14.5 Å². The monoisotopic (exact) mass is 366 g/mol. The number of amides is 1. The number of nitrogens with one attached hydrogen (secondary N) is 1. The fourth-order valence-electron chi connectivity index (χ4n) is 2.07. The number of thioether (sulfide) groups is 1. The number of imidazole rings is 1. The minimum absolute atomic E-state index is 0.0715. The van der Waals surface area contributed by atoms with Crippen molar-refractivity contribution < 1.29 is 23.9 Å². The molecule has 1 N–H and O–H groups in total. The first-order valence-corrected chi connectivity index (χ1v) is 8.34. The summed E-state index contributed by atoms with van der Waals surface area (Å²) in [7, 11) is 1.26. The lowest BCUT2D eigenvalue weighted by Crippen LogP contribution is -2.33. The van der Waals surface area contributed by atoms with Gasteiger partial charge in [0.15, 0.2) is 16.7 Å². The number of carbonyl (C=O) groups excluding carboxylic acids is 3. The molecule has 10 heteroatoms. The van der Waals surface area contributed by atoms with E-state index in [1.807, 2.05) is 0 Å². The summed E-state index contributed by atoms with van der Waals surface area (Å²) in [5.74, 6) is -1.24. The number of H-pyrrole nitrogens is 1. The summed E-state index contributed by atoms with van der Waals surface area (Å²) in [5.41, 5.74) is 0.0948. The van der Waals surface area contributed by atoms with Crippen molar-refractivity contribution in [2.24, 2.45) is 4.99 Å². The first kappa shape index (κ1) is 18.7. The molecule has 1 amide bonds. The normalized spacial score (nSPS) is 18.5. The number of rotatable bonds is 7. The average molecular weight is 366 g/mol. The fourth-order valence-corrected chi connectivity index (χ4v) is 3.21. The van der Waals surface area contributed by atoms with E-state index in [-0.39, 0.29) is 37.0 Å². The van der Waals surface area contributed by atoms with Crippen LogP contribution in [0.25, 0.3) is 0 Å². The molecule has 2 rings (SSSR count). The van der Waals surface area contributed by atoms with E-state index in [9.17, 15) is 14.4 Å². The van der Waals surface area contributed by atoms with E-state index in [2.05, 4.69) is 26.3 Å². The number of nitrogens with zero attached hydrogens (tertiary/aromatic N) is 3. The maximum atomic E-state index is 12.5. The largest absolute Gasteiger partial charge is 0.469 e. The van der Waals surface area contributed by atoms with Gasteiger partial charge in [-0.3, -0.25) is 14.5 Å². The van der Waals surface area contributed by atoms with Crippen molar-refractivity contribution in [3.63, 3.8) is 0 Å². The summed E-state index contributed by atoms with van der Waals surface area (Å²) < 4.78 is 9.54. The molecule has 9 nitrogen and oxygen atoms in total. The number of esters is 2. The van der Waals surface area contributed by atoms with Gasteiger partial charge in [0.2, 0.25) is 5.91 Å². The van der Waals surface area contributed by atoms with Gasteiger partial charge in [-0.05, 0) is 6.92 Å². The van der Waals surface area contributed by atoms with Crippen molar-refractivity contribution in [1.29, 1.82) is 0 Å². The van der Waals surface area contributed by atoms with Gasteiger partial charge in [-0.2, -0.15) is 0 Å². The minimum atomic E-state index is -0.642. The van der Waals surface area contributed by atoms with Gasteiger partial charge in [0, 0.05) is 6.54 Å². The number of hydrogen-bond donors (Lipinski definition) is 1. The zero-order valence-corrected chi connectivity index (χ0v) is 14.7. The summed E-state index contributed by atoms with van der Waals surface area (Å²) in [6.07, 6.45) is 2.79. The maximum absolute atomic E-state index is 12.5. The summed E-state index contributed by atoms with van der Waals surface area (Å²) in [4.78, 5) is 48.2. The van der Waals surface area contributed by atoms with Gasteiger partial charge in [0.25, 0.3) is 0 Å². The third kappa shape index (κ3) is 4.27. The smallest absolute Gasteiger partial charge is 0.358 e. The number of aromatic amines is 1. The van der Waals surface area contributed by atoms with Crippen LogP contribution in [0.5, 0.6) is 0 Å². The predicted molar refractivity (Wildman–Crippen MR) is 91.6 cm³/mol. The van der Waals surface area contributed by atoms with E-state index in [4.69, 9.17) is 4.74 Å². The standard InChI is InChI=1S/C15H18N4O5S/c1-4-6-19-13(21)9(7-10(20)23-3)25-15(19)18-12-11(16-8-17-12)14(22)24-5-2/h4,8-9H,1,5-7H2,2-3H3,(H,16,17)/t9-/m0/s1. The lowest BCUT2D eigenvalue weighted by Gasteiger charge is -2.13. The second-order valence-corrected chi connectivity index (χ2v) is 6.01. The molecule has 25 heavy (non-hydrogen) atoms. The number of aliphatic imine (C=N–C) groups is 1. The molecule has 2 heterocycles. The molecular weight excluding hydrogens is 348 g/mol. The Balaban J connectivity index is 2.29. The van der Waals surface area contributed by atoms with Crippen LogP contribution in [0, 0.1) is 0 Å². The Kier molecular flexibility index (Phi) is 6.34. The Morgan fingerprint density at radius 2 is 2.32 bits per heavy atom. The van der Waals surface area contributed by atoms with E-state index >= 15 is 0 Å². The summed E-state index contributed by atoms with van der Waals surface area (Å²) in [6, 6.07) is 0. The van der Waals surface area contributed by atoms with Crippen molar-refractivity contribution in [3.8, 4) is 0 Å². The average Bonchev–Trinajstić information content (AvgIpc) is 3.16. The van der Waals surface area contributed by atoms with Crippen molar-refractivity contribution in [3.05, 3.63) is 24.7 Å². The van der Waals surface area contributed by atoms with Gasteiger partial charge >= 0.3 is 11.9 Å². The molecule has 1 aliphatic rings. The molecule has 1 aromatic rings.